The van der Waals surface area contributed by atoms with E-state index in [-0.39, 0.29) is 0 Å². The molecule has 0 atom stereocenters. The van der Waals surface area contributed by atoms with Crippen molar-refractivity contribution >= 4 is 0 Å². The monoisotopic (exact) mass is 215 g/mol. The van der Waals surface area contributed by atoms with Crippen molar-refractivity contribution in [3.63, 3.8) is 0 Å². The maximum absolute atomic E-state index is 5.66. The molecule has 0 unspecified atom stereocenters. The maximum atomic E-state index is 5.66. The van der Waals surface area contributed by atoms with E-state index in [1.54, 1.807) is 13.3 Å². The number of hydrogen-bond acceptors (Lipinski definition) is 3. The summed E-state index contributed by atoms with van der Waals surface area (Å²) in [7, 11) is 1.65. The van der Waals surface area contributed by atoms with E-state index in [4.69, 9.17) is 9.47 Å². The van der Waals surface area contributed by atoms with Gasteiger partial charge in [-0.15, -0.1) is 0 Å². The van der Waals surface area contributed by atoms with Crippen LogP contribution in [0.2, 0.25) is 0 Å². The van der Waals surface area contributed by atoms with Crippen molar-refractivity contribution in [1.82, 2.24) is 4.98 Å². The summed E-state index contributed by atoms with van der Waals surface area (Å²) in [4.78, 5) is 4.11. The van der Waals surface area contributed by atoms with Crippen LogP contribution >= 0.6 is 0 Å². The Bertz CT molecular complexity index is 469. The standard InChI is InChI=1S/C13H13NO2/c1-10-11(15-2)6-5-7-12(10)16-13-8-3-4-9-14-13/h3-9H,1-2H3. The molecular weight excluding hydrogens is 202 g/mol. The van der Waals surface area contributed by atoms with E-state index in [0.717, 1.165) is 17.1 Å². The minimum absolute atomic E-state index is 0.582. The third kappa shape index (κ3) is 2.14. The molecule has 0 spiro atoms. The molecule has 0 aliphatic carbocycles. The SMILES string of the molecule is COc1cccc(Oc2ccccn2)c1C. The lowest BCUT2D eigenvalue weighted by molar-refractivity contribution is 0.402. The lowest BCUT2D eigenvalue weighted by Gasteiger charge is -2.10. The molecule has 0 saturated heterocycles. The Morgan fingerprint density at radius 1 is 1.00 bits per heavy atom. The Balaban J connectivity index is 2.28. The molecular formula is C13H13NO2. The van der Waals surface area contributed by atoms with Crippen molar-refractivity contribution in [1.29, 1.82) is 0 Å². The fraction of sp³-hybridized carbons (Fsp3) is 0.154. The molecule has 2 rings (SSSR count). The van der Waals surface area contributed by atoms with Crippen molar-refractivity contribution in [2.75, 3.05) is 7.11 Å². The molecule has 3 nitrogen and oxygen atoms in total. The number of benzene rings is 1. The smallest absolute Gasteiger partial charge is 0.219 e. The number of nitrogens with zero attached hydrogens (tertiary/aromatic N) is 1. The maximum Gasteiger partial charge on any atom is 0.219 e. The van der Waals surface area contributed by atoms with Gasteiger partial charge in [0.25, 0.3) is 0 Å². The van der Waals surface area contributed by atoms with Gasteiger partial charge >= 0.3 is 0 Å². The highest BCUT2D eigenvalue weighted by atomic mass is 16.5. The number of aromatic nitrogens is 1. The number of ether oxygens (including phenoxy) is 2. The van der Waals surface area contributed by atoms with E-state index in [0.29, 0.717) is 5.88 Å². The van der Waals surface area contributed by atoms with Crippen LogP contribution in [0, 0.1) is 6.92 Å². The number of methoxy groups -OCH3 is 1. The number of pyridine rings is 1. The third-order valence-electron chi connectivity index (χ3n) is 2.31. The first-order valence-corrected chi connectivity index (χ1v) is 5.04. The van der Waals surface area contributed by atoms with Gasteiger partial charge in [0.2, 0.25) is 5.88 Å². The van der Waals surface area contributed by atoms with Crippen LogP contribution in [0.1, 0.15) is 5.56 Å². The van der Waals surface area contributed by atoms with Gasteiger partial charge in [0.05, 0.1) is 7.11 Å². The highest BCUT2D eigenvalue weighted by Gasteiger charge is 2.06. The van der Waals surface area contributed by atoms with Crippen LogP contribution in [0.25, 0.3) is 0 Å². The molecule has 0 fully saturated rings. The lowest BCUT2D eigenvalue weighted by atomic mass is 10.2. The molecule has 0 bridgehead atoms. The molecule has 0 saturated carbocycles. The minimum atomic E-state index is 0.582. The summed E-state index contributed by atoms with van der Waals surface area (Å²) >= 11 is 0. The molecule has 3 heteroatoms. The average molecular weight is 215 g/mol. The van der Waals surface area contributed by atoms with Crippen LogP contribution in [0.5, 0.6) is 17.4 Å². The predicted octanol–water partition coefficient (Wildman–Crippen LogP) is 3.19. The summed E-state index contributed by atoms with van der Waals surface area (Å²) < 4.78 is 10.9. The minimum Gasteiger partial charge on any atom is -0.496 e. The molecule has 1 aromatic heterocycles. The normalized spacial score (nSPS) is 9.88. The van der Waals surface area contributed by atoms with Crippen LogP contribution in [-0.4, -0.2) is 12.1 Å². The third-order valence-corrected chi connectivity index (χ3v) is 2.31. The van der Waals surface area contributed by atoms with Crippen LogP contribution < -0.4 is 9.47 Å². The Morgan fingerprint density at radius 3 is 2.50 bits per heavy atom. The van der Waals surface area contributed by atoms with E-state index in [1.165, 1.54) is 0 Å². The molecule has 82 valence electrons. The highest BCUT2D eigenvalue weighted by Crippen LogP contribution is 2.29. The van der Waals surface area contributed by atoms with Crippen molar-refractivity contribution in [3.05, 3.63) is 48.2 Å². The van der Waals surface area contributed by atoms with Gasteiger partial charge in [-0.05, 0) is 25.1 Å². The zero-order valence-corrected chi connectivity index (χ0v) is 9.31. The molecule has 1 aromatic carbocycles. The summed E-state index contributed by atoms with van der Waals surface area (Å²) in [5.41, 5.74) is 0.968. The van der Waals surface area contributed by atoms with Gasteiger partial charge in [0, 0.05) is 17.8 Å². The molecule has 1 heterocycles. The molecule has 16 heavy (non-hydrogen) atoms. The highest BCUT2D eigenvalue weighted by molar-refractivity contribution is 5.44. The van der Waals surface area contributed by atoms with E-state index in [9.17, 15) is 0 Å². The van der Waals surface area contributed by atoms with Crippen LogP contribution in [0.3, 0.4) is 0 Å². The summed E-state index contributed by atoms with van der Waals surface area (Å²) in [6, 6.07) is 11.2. The Kier molecular flexibility index (Phi) is 3.05. The van der Waals surface area contributed by atoms with E-state index in [2.05, 4.69) is 4.98 Å². The van der Waals surface area contributed by atoms with Gasteiger partial charge < -0.3 is 9.47 Å². The second-order valence-electron chi connectivity index (χ2n) is 3.35. The summed E-state index contributed by atoms with van der Waals surface area (Å²) in [5.74, 6) is 2.16. The molecule has 0 aliphatic heterocycles. The van der Waals surface area contributed by atoms with Crippen molar-refractivity contribution in [3.8, 4) is 17.4 Å². The second-order valence-corrected chi connectivity index (χ2v) is 3.35. The molecule has 0 N–H and O–H groups in total. The summed E-state index contributed by atoms with van der Waals surface area (Å²) in [5, 5.41) is 0. The molecule has 0 amide bonds. The Hall–Kier alpha value is -2.03. The topological polar surface area (TPSA) is 31.4 Å². The van der Waals surface area contributed by atoms with Crippen molar-refractivity contribution < 1.29 is 9.47 Å². The first-order valence-electron chi connectivity index (χ1n) is 5.04. The van der Waals surface area contributed by atoms with Crippen LogP contribution in [-0.2, 0) is 0 Å². The van der Waals surface area contributed by atoms with Crippen LogP contribution in [0.4, 0.5) is 0 Å². The fourth-order valence-electron chi connectivity index (χ4n) is 1.45. The van der Waals surface area contributed by atoms with E-state index in [1.807, 2.05) is 43.3 Å². The first kappa shape index (κ1) is 10.5. The quantitative estimate of drug-likeness (QED) is 0.787. The summed E-state index contributed by atoms with van der Waals surface area (Å²) in [6.45, 7) is 1.96. The first-order chi connectivity index (χ1) is 7.81. The van der Waals surface area contributed by atoms with Gasteiger partial charge in [-0.2, -0.15) is 0 Å². The average Bonchev–Trinajstić information content (AvgIpc) is 2.33. The largest absolute Gasteiger partial charge is 0.496 e. The van der Waals surface area contributed by atoms with Crippen molar-refractivity contribution in [2.24, 2.45) is 0 Å². The van der Waals surface area contributed by atoms with Gasteiger partial charge in [-0.3, -0.25) is 0 Å². The zero-order chi connectivity index (χ0) is 11.4. The Morgan fingerprint density at radius 2 is 1.81 bits per heavy atom. The summed E-state index contributed by atoms with van der Waals surface area (Å²) in [6.07, 6.45) is 1.70. The van der Waals surface area contributed by atoms with Crippen molar-refractivity contribution in [2.45, 2.75) is 6.92 Å². The van der Waals surface area contributed by atoms with Gasteiger partial charge in [-0.1, -0.05) is 12.1 Å². The van der Waals surface area contributed by atoms with Gasteiger partial charge in [0.1, 0.15) is 11.5 Å². The molecule has 0 radical (unpaired) electrons. The van der Waals surface area contributed by atoms with E-state index >= 15 is 0 Å². The fourth-order valence-corrected chi connectivity index (χ4v) is 1.45. The number of rotatable bonds is 3. The zero-order valence-electron chi connectivity index (χ0n) is 9.31. The second kappa shape index (κ2) is 4.66. The lowest BCUT2D eigenvalue weighted by Crippen LogP contribution is -1.92. The van der Waals surface area contributed by atoms with E-state index < -0.39 is 0 Å². The molecule has 2 aromatic rings. The Labute approximate surface area is 94.7 Å². The predicted molar refractivity (Wildman–Crippen MR) is 62.0 cm³/mol. The number of hydrogen-bond donors (Lipinski definition) is 0. The van der Waals surface area contributed by atoms with Crippen LogP contribution in [0.15, 0.2) is 42.6 Å². The molecule has 0 aliphatic rings. The van der Waals surface area contributed by atoms with Gasteiger partial charge in [0.15, 0.2) is 0 Å². The van der Waals surface area contributed by atoms with Gasteiger partial charge in [-0.25, -0.2) is 4.98 Å².